The van der Waals surface area contributed by atoms with Gasteiger partial charge in [0.1, 0.15) is 11.8 Å². The second-order valence-electron chi connectivity index (χ2n) is 6.05. The number of fused-ring (bicyclic) bond motifs is 3. The summed E-state index contributed by atoms with van der Waals surface area (Å²) in [4.78, 5) is 25.2. The van der Waals surface area contributed by atoms with Gasteiger partial charge in [0.25, 0.3) is 5.91 Å². The van der Waals surface area contributed by atoms with Gasteiger partial charge < -0.3 is 10.6 Å². The summed E-state index contributed by atoms with van der Waals surface area (Å²) >= 11 is 0. The fourth-order valence-electron chi connectivity index (χ4n) is 2.97. The van der Waals surface area contributed by atoms with Gasteiger partial charge in [-0.15, -0.1) is 0 Å². The smallest absolute Gasteiger partial charge is 0.251 e. The summed E-state index contributed by atoms with van der Waals surface area (Å²) in [6, 6.07) is 13.5. The molecule has 2 N–H and O–H groups in total. The molecule has 128 valence electrons. The first-order chi connectivity index (χ1) is 12.7. The Kier molecular flexibility index (Phi) is 3.93. The molecule has 0 bridgehead atoms. The van der Waals surface area contributed by atoms with Crippen LogP contribution in [0.4, 0.5) is 11.5 Å². The highest BCUT2D eigenvalue weighted by molar-refractivity contribution is 6.10. The monoisotopic (exact) mass is 343 g/mol. The second-order valence-corrected chi connectivity index (χ2v) is 6.05. The van der Waals surface area contributed by atoms with Crippen molar-refractivity contribution in [3.8, 4) is 0 Å². The molecular weight excluding hydrogens is 326 g/mol. The van der Waals surface area contributed by atoms with Crippen LogP contribution in [0.2, 0.25) is 0 Å². The molecule has 0 radical (unpaired) electrons. The van der Waals surface area contributed by atoms with E-state index < -0.39 is 0 Å². The van der Waals surface area contributed by atoms with Gasteiger partial charge in [-0.25, -0.2) is 15.0 Å². The summed E-state index contributed by atoms with van der Waals surface area (Å²) in [5.74, 6) is 0.487. The van der Waals surface area contributed by atoms with Crippen LogP contribution in [-0.4, -0.2) is 27.9 Å². The highest BCUT2D eigenvalue weighted by Gasteiger charge is 2.12. The van der Waals surface area contributed by atoms with Gasteiger partial charge in [-0.1, -0.05) is 18.2 Å². The normalized spacial score (nSPS) is 10.8. The summed E-state index contributed by atoms with van der Waals surface area (Å²) in [5, 5.41) is 7.77. The standard InChI is InChI=1S/C20H17N5O/c1-12-4-3-5-14(8-12)24-19-18-16(10-22-11-23-18)15-7-6-13(20(26)21-2)9-17(15)25-19/h3-11H,1-2H3,(H,21,26)(H,24,25). The third-order valence-corrected chi connectivity index (χ3v) is 4.23. The molecule has 0 saturated heterocycles. The van der Waals surface area contributed by atoms with E-state index in [0.29, 0.717) is 16.9 Å². The molecule has 2 aromatic heterocycles. The lowest BCUT2D eigenvalue weighted by Gasteiger charge is -2.11. The summed E-state index contributed by atoms with van der Waals surface area (Å²) < 4.78 is 0. The van der Waals surface area contributed by atoms with Crippen LogP contribution >= 0.6 is 0 Å². The molecular formula is C20H17N5O. The maximum Gasteiger partial charge on any atom is 0.251 e. The van der Waals surface area contributed by atoms with Crippen LogP contribution in [-0.2, 0) is 0 Å². The average Bonchev–Trinajstić information content (AvgIpc) is 2.67. The molecule has 0 aliphatic rings. The van der Waals surface area contributed by atoms with Crippen molar-refractivity contribution in [3.05, 3.63) is 66.1 Å². The van der Waals surface area contributed by atoms with E-state index in [-0.39, 0.29) is 5.91 Å². The third-order valence-electron chi connectivity index (χ3n) is 4.23. The number of hydrogen-bond acceptors (Lipinski definition) is 5. The summed E-state index contributed by atoms with van der Waals surface area (Å²) in [7, 11) is 1.61. The minimum absolute atomic E-state index is 0.147. The maximum absolute atomic E-state index is 12.0. The molecule has 0 unspecified atom stereocenters. The zero-order chi connectivity index (χ0) is 18.1. The molecule has 26 heavy (non-hydrogen) atoms. The number of anilines is 2. The van der Waals surface area contributed by atoms with Crippen LogP contribution in [0, 0.1) is 6.92 Å². The van der Waals surface area contributed by atoms with E-state index in [1.54, 1.807) is 25.4 Å². The molecule has 0 saturated carbocycles. The van der Waals surface area contributed by atoms with Gasteiger partial charge in [-0.3, -0.25) is 4.79 Å². The Hall–Kier alpha value is -3.54. The Morgan fingerprint density at radius 3 is 2.77 bits per heavy atom. The van der Waals surface area contributed by atoms with Crippen LogP contribution in [0.15, 0.2) is 55.0 Å². The largest absolute Gasteiger partial charge is 0.355 e. The Morgan fingerprint density at radius 1 is 1.08 bits per heavy atom. The number of amides is 1. The Labute approximate surface area is 150 Å². The first-order valence-corrected chi connectivity index (χ1v) is 8.25. The lowest BCUT2D eigenvalue weighted by molar-refractivity contribution is 0.0963. The number of nitrogens with one attached hydrogen (secondary N) is 2. The van der Waals surface area contributed by atoms with Crippen LogP contribution in [0.3, 0.4) is 0 Å². The number of carbonyl (C=O) groups excluding carboxylic acids is 1. The first-order valence-electron chi connectivity index (χ1n) is 8.25. The maximum atomic E-state index is 12.0. The van der Waals surface area contributed by atoms with Crippen LogP contribution in [0.25, 0.3) is 21.8 Å². The van der Waals surface area contributed by atoms with E-state index in [9.17, 15) is 4.79 Å². The SMILES string of the molecule is CNC(=O)c1ccc2c(c1)nc(Nc1cccc(C)c1)c1ncncc12. The molecule has 2 aromatic carbocycles. The number of hydrogen-bond donors (Lipinski definition) is 2. The fourth-order valence-corrected chi connectivity index (χ4v) is 2.97. The number of aryl methyl sites for hydroxylation is 1. The van der Waals surface area contributed by atoms with E-state index in [4.69, 9.17) is 4.98 Å². The topological polar surface area (TPSA) is 79.8 Å². The van der Waals surface area contributed by atoms with E-state index >= 15 is 0 Å². The number of benzene rings is 2. The third kappa shape index (κ3) is 2.82. The predicted octanol–water partition coefficient (Wildman–Crippen LogP) is 3.59. The van der Waals surface area contributed by atoms with Crippen LogP contribution in [0.5, 0.6) is 0 Å². The highest BCUT2D eigenvalue weighted by Crippen LogP contribution is 2.29. The van der Waals surface area contributed by atoms with Gasteiger partial charge in [0.2, 0.25) is 0 Å². The molecule has 0 aliphatic heterocycles. The number of rotatable bonds is 3. The van der Waals surface area contributed by atoms with Crippen molar-refractivity contribution in [3.63, 3.8) is 0 Å². The number of nitrogens with zero attached hydrogens (tertiary/aromatic N) is 3. The molecule has 1 amide bonds. The Balaban J connectivity index is 1.93. The number of aromatic nitrogens is 3. The molecule has 4 rings (SSSR count). The van der Waals surface area contributed by atoms with Crippen molar-refractivity contribution >= 4 is 39.2 Å². The lowest BCUT2D eigenvalue weighted by atomic mass is 10.1. The average molecular weight is 343 g/mol. The van der Waals surface area contributed by atoms with Gasteiger partial charge in [0.05, 0.1) is 5.52 Å². The van der Waals surface area contributed by atoms with Crippen molar-refractivity contribution in [2.24, 2.45) is 0 Å². The quantitative estimate of drug-likeness (QED) is 0.556. The molecule has 0 fully saturated rings. The zero-order valence-electron chi connectivity index (χ0n) is 14.4. The summed E-state index contributed by atoms with van der Waals surface area (Å²) in [6.45, 7) is 2.04. The van der Waals surface area contributed by atoms with Gasteiger partial charge in [0, 0.05) is 35.3 Å². The summed E-state index contributed by atoms with van der Waals surface area (Å²) in [6.07, 6.45) is 3.28. The van der Waals surface area contributed by atoms with E-state index in [1.807, 2.05) is 37.3 Å². The van der Waals surface area contributed by atoms with Gasteiger partial charge >= 0.3 is 0 Å². The van der Waals surface area contributed by atoms with Gasteiger partial charge in [-0.05, 0) is 36.8 Å². The molecule has 0 atom stereocenters. The molecule has 0 aliphatic carbocycles. The van der Waals surface area contributed by atoms with Crippen molar-refractivity contribution in [2.45, 2.75) is 6.92 Å². The number of pyridine rings is 1. The van der Waals surface area contributed by atoms with Crippen molar-refractivity contribution < 1.29 is 4.79 Å². The second kappa shape index (κ2) is 6.40. The highest BCUT2D eigenvalue weighted by atomic mass is 16.1. The Bertz CT molecular complexity index is 1140. The lowest BCUT2D eigenvalue weighted by Crippen LogP contribution is -2.17. The van der Waals surface area contributed by atoms with E-state index in [2.05, 4.69) is 20.6 Å². The number of carbonyl (C=O) groups is 1. The predicted molar refractivity (Wildman–Crippen MR) is 103 cm³/mol. The molecule has 2 heterocycles. The van der Waals surface area contributed by atoms with Crippen LogP contribution < -0.4 is 10.6 Å². The van der Waals surface area contributed by atoms with Gasteiger partial charge in [0.15, 0.2) is 5.82 Å². The van der Waals surface area contributed by atoms with E-state index in [1.165, 1.54) is 6.33 Å². The van der Waals surface area contributed by atoms with Gasteiger partial charge in [-0.2, -0.15) is 0 Å². The minimum atomic E-state index is -0.147. The summed E-state index contributed by atoms with van der Waals surface area (Å²) in [5.41, 5.74) is 4.09. The molecule has 6 heteroatoms. The van der Waals surface area contributed by atoms with Crippen molar-refractivity contribution in [2.75, 3.05) is 12.4 Å². The Morgan fingerprint density at radius 2 is 1.96 bits per heavy atom. The van der Waals surface area contributed by atoms with Crippen LogP contribution in [0.1, 0.15) is 15.9 Å². The molecule has 0 spiro atoms. The van der Waals surface area contributed by atoms with Crippen molar-refractivity contribution in [1.82, 2.24) is 20.3 Å². The minimum Gasteiger partial charge on any atom is -0.355 e. The van der Waals surface area contributed by atoms with E-state index in [0.717, 1.165) is 27.5 Å². The van der Waals surface area contributed by atoms with Crippen molar-refractivity contribution in [1.29, 1.82) is 0 Å². The zero-order valence-corrected chi connectivity index (χ0v) is 14.4. The molecule has 4 aromatic rings. The molecule has 6 nitrogen and oxygen atoms in total. The fraction of sp³-hybridized carbons (Fsp3) is 0.100. The first kappa shape index (κ1) is 16.0.